The number of nitrogens with zero attached hydrogens (tertiary/aromatic N) is 3. The highest BCUT2D eigenvalue weighted by Crippen LogP contribution is 2.19. The van der Waals surface area contributed by atoms with Crippen LogP contribution in [0.2, 0.25) is 0 Å². The highest BCUT2D eigenvalue weighted by molar-refractivity contribution is 7.98. The first-order chi connectivity index (χ1) is 10.3. The van der Waals surface area contributed by atoms with Gasteiger partial charge in [0.05, 0.1) is 23.1 Å². The molecule has 3 aromatic heterocycles. The molecule has 21 heavy (non-hydrogen) atoms. The standard InChI is InChI=1S/C13H10N6OS/c20-12-10-11(15-6-14-10)18-13(19-12)21-5-9-16-7-3-1-2-4-8(7)17-9/h1-4,6H,5H2,(H,16,17)(H2,14,15,18,19,20). The molecule has 0 bridgehead atoms. The number of nitrogens with one attached hydrogen (secondary N) is 3. The Morgan fingerprint density at radius 2 is 2.05 bits per heavy atom. The second-order valence-corrected chi connectivity index (χ2v) is 5.43. The number of imidazole rings is 2. The molecule has 7 nitrogen and oxygen atoms in total. The second kappa shape index (κ2) is 4.74. The van der Waals surface area contributed by atoms with Crippen molar-refractivity contribution in [2.75, 3.05) is 0 Å². The Morgan fingerprint density at radius 1 is 1.14 bits per heavy atom. The number of H-pyrrole nitrogens is 3. The number of aromatic amines is 3. The first-order valence-corrected chi connectivity index (χ1v) is 7.28. The molecule has 8 heteroatoms. The molecule has 3 N–H and O–H groups in total. The molecule has 0 radical (unpaired) electrons. The summed E-state index contributed by atoms with van der Waals surface area (Å²) in [5.41, 5.74) is 2.52. The maximum Gasteiger partial charge on any atom is 0.277 e. The van der Waals surface area contributed by atoms with Crippen LogP contribution in [0.1, 0.15) is 5.82 Å². The molecule has 0 atom stereocenters. The van der Waals surface area contributed by atoms with Crippen LogP contribution in [0.5, 0.6) is 0 Å². The molecule has 3 heterocycles. The van der Waals surface area contributed by atoms with E-state index in [9.17, 15) is 4.79 Å². The van der Waals surface area contributed by atoms with E-state index in [0.717, 1.165) is 16.9 Å². The van der Waals surface area contributed by atoms with Gasteiger partial charge in [-0.05, 0) is 12.1 Å². The number of hydrogen-bond donors (Lipinski definition) is 3. The second-order valence-electron chi connectivity index (χ2n) is 4.46. The van der Waals surface area contributed by atoms with Gasteiger partial charge < -0.3 is 9.97 Å². The average molecular weight is 298 g/mol. The fourth-order valence-electron chi connectivity index (χ4n) is 2.10. The third-order valence-electron chi connectivity index (χ3n) is 3.06. The average Bonchev–Trinajstić information content (AvgIpc) is 3.11. The predicted octanol–water partition coefficient (Wildman–Crippen LogP) is 1.81. The Morgan fingerprint density at radius 3 is 2.95 bits per heavy atom. The predicted molar refractivity (Wildman–Crippen MR) is 80.2 cm³/mol. The first-order valence-electron chi connectivity index (χ1n) is 6.29. The van der Waals surface area contributed by atoms with Crippen LogP contribution in [0.15, 0.2) is 40.5 Å². The highest BCUT2D eigenvalue weighted by Gasteiger charge is 2.08. The van der Waals surface area contributed by atoms with Gasteiger partial charge in [-0.1, -0.05) is 23.9 Å². The first kappa shape index (κ1) is 12.2. The molecule has 0 aliphatic heterocycles. The molecular weight excluding hydrogens is 288 g/mol. The van der Waals surface area contributed by atoms with E-state index < -0.39 is 0 Å². The van der Waals surface area contributed by atoms with E-state index in [2.05, 4.69) is 29.9 Å². The van der Waals surface area contributed by atoms with Gasteiger partial charge in [0.25, 0.3) is 5.56 Å². The van der Waals surface area contributed by atoms with Crippen molar-refractivity contribution < 1.29 is 0 Å². The SMILES string of the molecule is O=c1[nH]c(SCc2nc3ccccc3[nH]2)nc2nc[nH]c12. The number of aromatic nitrogens is 6. The fourth-order valence-corrected chi connectivity index (χ4v) is 2.83. The molecule has 104 valence electrons. The van der Waals surface area contributed by atoms with Gasteiger partial charge in [-0.25, -0.2) is 15.0 Å². The number of rotatable bonds is 3. The molecule has 0 amide bonds. The Balaban J connectivity index is 1.61. The van der Waals surface area contributed by atoms with E-state index in [1.165, 1.54) is 18.1 Å². The summed E-state index contributed by atoms with van der Waals surface area (Å²) in [5.74, 6) is 1.43. The van der Waals surface area contributed by atoms with Crippen LogP contribution >= 0.6 is 11.8 Å². The minimum atomic E-state index is -0.218. The largest absolute Gasteiger partial charge is 0.341 e. The summed E-state index contributed by atoms with van der Waals surface area (Å²) in [6, 6.07) is 7.84. The summed E-state index contributed by atoms with van der Waals surface area (Å²) in [5, 5.41) is 0.528. The summed E-state index contributed by atoms with van der Waals surface area (Å²) >= 11 is 1.41. The van der Waals surface area contributed by atoms with E-state index in [1.54, 1.807) is 0 Å². The van der Waals surface area contributed by atoms with Gasteiger partial charge in [-0.15, -0.1) is 0 Å². The van der Waals surface area contributed by atoms with Crippen molar-refractivity contribution in [1.82, 2.24) is 29.9 Å². The van der Waals surface area contributed by atoms with E-state index in [0.29, 0.717) is 22.1 Å². The summed E-state index contributed by atoms with van der Waals surface area (Å²) < 4.78 is 0. The van der Waals surface area contributed by atoms with Gasteiger partial charge in [-0.2, -0.15) is 0 Å². The molecule has 1 aromatic carbocycles. The van der Waals surface area contributed by atoms with Crippen LogP contribution in [-0.2, 0) is 5.75 Å². The molecule has 0 spiro atoms. The summed E-state index contributed by atoms with van der Waals surface area (Å²) in [4.78, 5) is 33.3. The summed E-state index contributed by atoms with van der Waals surface area (Å²) in [6.45, 7) is 0. The van der Waals surface area contributed by atoms with E-state index in [1.807, 2.05) is 24.3 Å². The van der Waals surface area contributed by atoms with Crippen molar-refractivity contribution in [3.05, 3.63) is 46.8 Å². The van der Waals surface area contributed by atoms with Gasteiger partial charge in [0.1, 0.15) is 5.82 Å². The van der Waals surface area contributed by atoms with Gasteiger partial charge in [0.2, 0.25) is 0 Å². The third-order valence-corrected chi connectivity index (χ3v) is 3.94. The van der Waals surface area contributed by atoms with Crippen LogP contribution < -0.4 is 5.56 Å². The Hall–Kier alpha value is -2.61. The zero-order valence-electron chi connectivity index (χ0n) is 10.8. The molecule has 0 aliphatic carbocycles. The third kappa shape index (κ3) is 2.19. The Kier molecular flexibility index (Phi) is 2.74. The van der Waals surface area contributed by atoms with Gasteiger partial charge in [0.15, 0.2) is 16.3 Å². The monoisotopic (exact) mass is 298 g/mol. The van der Waals surface area contributed by atoms with E-state index in [4.69, 9.17) is 0 Å². The number of thioether (sulfide) groups is 1. The lowest BCUT2D eigenvalue weighted by atomic mass is 10.3. The summed E-state index contributed by atoms with van der Waals surface area (Å²) in [7, 11) is 0. The van der Waals surface area contributed by atoms with Gasteiger partial charge >= 0.3 is 0 Å². The fraction of sp³-hybridized carbons (Fsp3) is 0.0769. The van der Waals surface area contributed by atoms with Gasteiger partial charge in [-0.3, -0.25) is 9.78 Å². The van der Waals surface area contributed by atoms with Gasteiger partial charge in [0, 0.05) is 0 Å². The van der Waals surface area contributed by atoms with Crippen molar-refractivity contribution in [2.24, 2.45) is 0 Å². The zero-order chi connectivity index (χ0) is 14.2. The van der Waals surface area contributed by atoms with E-state index >= 15 is 0 Å². The van der Waals surface area contributed by atoms with Crippen LogP contribution in [0.3, 0.4) is 0 Å². The number of hydrogen-bond acceptors (Lipinski definition) is 5. The molecule has 0 unspecified atom stereocenters. The zero-order valence-corrected chi connectivity index (χ0v) is 11.6. The van der Waals surface area contributed by atoms with Crippen molar-refractivity contribution >= 4 is 34.0 Å². The Labute approximate surface area is 122 Å². The minimum absolute atomic E-state index is 0.218. The van der Waals surface area contributed by atoms with Crippen LogP contribution in [0.25, 0.3) is 22.2 Å². The van der Waals surface area contributed by atoms with Crippen LogP contribution in [0, 0.1) is 0 Å². The molecule has 0 saturated heterocycles. The van der Waals surface area contributed by atoms with Crippen molar-refractivity contribution in [1.29, 1.82) is 0 Å². The topological polar surface area (TPSA) is 103 Å². The molecule has 0 saturated carbocycles. The highest BCUT2D eigenvalue weighted by atomic mass is 32.2. The van der Waals surface area contributed by atoms with E-state index in [-0.39, 0.29) is 5.56 Å². The summed E-state index contributed by atoms with van der Waals surface area (Å²) in [6.07, 6.45) is 1.46. The maximum absolute atomic E-state index is 11.8. The smallest absolute Gasteiger partial charge is 0.277 e. The lowest BCUT2D eigenvalue weighted by Gasteiger charge is -1.98. The number of benzene rings is 1. The van der Waals surface area contributed by atoms with Crippen LogP contribution in [0.4, 0.5) is 0 Å². The quantitative estimate of drug-likeness (QED) is 0.395. The van der Waals surface area contributed by atoms with Crippen LogP contribution in [-0.4, -0.2) is 29.9 Å². The number of fused-ring (bicyclic) bond motifs is 2. The van der Waals surface area contributed by atoms with Crippen molar-refractivity contribution in [3.63, 3.8) is 0 Å². The minimum Gasteiger partial charge on any atom is -0.341 e. The lowest BCUT2D eigenvalue weighted by molar-refractivity contribution is 0.961. The molecule has 4 aromatic rings. The van der Waals surface area contributed by atoms with Crippen molar-refractivity contribution in [3.8, 4) is 0 Å². The lowest BCUT2D eigenvalue weighted by Crippen LogP contribution is -2.09. The molecular formula is C13H10N6OS. The Bertz CT molecular complexity index is 952. The van der Waals surface area contributed by atoms with Crippen molar-refractivity contribution in [2.45, 2.75) is 10.9 Å². The normalized spacial score (nSPS) is 11.4. The molecule has 4 rings (SSSR count). The molecule has 0 fully saturated rings. The molecule has 0 aliphatic rings. The maximum atomic E-state index is 11.8. The number of para-hydroxylation sites is 2.